The van der Waals surface area contributed by atoms with E-state index in [4.69, 9.17) is 5.73 Å². The van der Waals surface area contributed by atoms with Gasteiger partial charge in [0, 0.05) is 13.2 Å². The van der Waals surface area contributed by atoms with Gasteiger partial charge in [0.15, 0.2) is 0 Å². The molecule has 2 heterocycles. The van der Waals surface area contributed by atoms with E-state index in [1.54, 1.807) is 24.0 Å². The lowest BCUT2D eigenvalue weighted by atomic mass is 10.3. The van der Waals surface area contributed by atoms with Crippen LogP contribution in [-0.4, -0.2) is 20.7 Å². The lowest BCUT2D eigenvalue weighted by Gasteiger charge is -2.05. The molecule has 88 valence electrons. The number of aromatic nitrogens is 3. The third kappa shape index (κ3) is 2.62. The quantitative estimate of drug-likeness (QED) is 0.877. The molecule has 1 amide bonds. The van der Waals surface area contributed by atoms with E-state index in [9.17, 15) is 4.79 Å². The molecule has 0 aromatic carbocycles. The summed E-state index contributed by atoms with van der Waals surface area (Å²) in [5, 5.41) is 6.58. The van der Waals surface area contributed by atoms with Gasteiger partial charge >= 0.3 is 0 Å². The standard InChI is InChI=1S/C10H10BrN5O/c1-16-5-6(3-14-16)10(17)15-9-8(11)2-7(12)4-13-9/h2-5H,12H2,1H3,(H,13,15,17). The second-order valence-corrected chi connectivity index (χ2v) is 4.31. The van der Waals surface area contributed by atoms with Crippen LogP contribution in [0.5, 0.6) is 0 Å². The zero-order valence-corrected chi connectivity index (χ0v) is 10.6. The maximum atomic E-state index is 11.8. The van der Waals surface area contributed by atoms with E-state index in [-0.39, 0.29) is 5.91 Å². The van der Waals surface area contributed by atoms with Crippen LogP contribution in [0.25, 0.3) is 0 Å². The van der Waals surface area contributed by atoms with E-state index in [1.165, 1.54) is 12.4 Å². The first-order valence-electron chi connectivity index (χ1n) is 4.77. The number of nitrogens with one attached hydrogen (secondary N) is 1. The number of hydrogen-bond donors (Lipinski definition) is 2. The van der Waals surface area contributed by atoms with Gasteiger partial charge in [-0.1, -0.05) is 0 Å². The van der Waals surface area contributed by atoms with Gasteiger partial charge in [-0.25, -0.2) is 4.98 Å². The van der Waals surface area contributed by atoms with Crippen LogP contribution in [0.15, 0.2) is 29.1 Å². The zero-order chi connectivity index (χ0) is 12.4. The van der Waals surface area contributed by atoms with Crippen molar-refractivity contribution in [2.45, 2.75) is 0 Å². The molecule has 0 aliphatic carbocycles. The molecule has 0 atom stereocenters. The fourth-order valence-corrected chi connectivity index (χ4v) is 1.73. The minimum absolute atomic E-state index is 0.268. The van der Waals surface area contributed by atoms with Crippen LogP contribution < -0.4 is 11.1 Å². The summed E-state index contributed by atoms with van der Waals surface area (Å²) in [5.41, 5.74) is 6.55. The fourth-order valence-electron chi connectivity index (χ4n) is 1.26. The van der Waals surface area contributed by atoms with Crippen molar-refractivity contribution in [2.75, 3.05) is 11.1 Å². The number of carbonyl (C=O) groups is 1. The molecule has 2 aromatic heterocycles. The Balaban J connectivity index is 2.18. The smallest absolute Gasteiger partial charge is 0.260 e. The summed E-state index contributed by atoms with van der Waals surface area (Å²) >= 11 is 3.28. The first kappa shape index (κ1) is 11.6. The predicted octanol–water partition coefficient (Wildman–Crippen LogP) is 1.41. The van der Waals surface area contributed by atoms with Crippen molar-refractivity contribution in [3.8, 4) is 0 Å². The first-order chi connectivity index (χ1) is 8.06. The lowest BCUT2D eigenvalue weighted by molar-refractivity contribution is 0.102. The third-order valence-corrected chi connectivity index (χ3v) is 2.67. The minimum Gasteiger partial charge on any atom is -0.397 e. The van der Waals surface area contributed by atoms with E-state index in [2.05, 4.69) is 31.3 Å². The third-order valence-electron chi connectivity index (χ3n) is 2.06. The maximum absolute atomic E-state index is 11.8. The number of hydrogen-bond acceptors (Lipinski definition) is 4. The molecule has 0 fully saturated rings. The molecule has 0 saturated carbocycles. The lowest BCUT2D eigenvalue weighted by Crippen LogP contribution is -2.12. The van der Waals surface area contributed by atoms with Crippen LogP contribution in [0.2, 0.25) is 0 Å². The number of halogens is 1. The predicted molar refractivity (Wildman–Crippen MR) is 67.5 cm³/mol. The number of amides is 1. The molecule has 0 spiro atoms. The van der Waals surface area contributed by atoms with Gasteiger partial charge in [-0.3, -0.25) is 9.48 Å². The van der Waals surface area contributed by atoms with Crippen LogP contribution in [0.4, 0.5) is 11.5 Å². The Morgan fingerprint density at radius 1 is 1.53 bits per heavy atom. The van der Waals surface area contributed by atoms with Crippen LogP contribution in [0, 0.1) is 0 Å². The number of rotatable bonds is 2. The van der Waals surface area contributed by atoms with Gasteiger partial charge in [-0.15, -0.1) is 0 Å². The first-order valence-corrected chi connectivity index (χ1v) is 5.56. The molecule has 2 rings (SSSR count). The molecule has 3 N–H and O–H groups in total. The fraction of sp³-hybridized carbons (Fsp3) is 0.100. The van der Waals surface area contributed by atoms with Crippen molar-refractivity contribution in [2.24, 2.45) is 7.05 Å². The molecule has 0 aliphatic rings. The molecular formula is C10H10BrN5O. The highest BCUT2D eigenvalue weighted by molar-refractivity contribution is 9.10. The molecule has 0 bridgehead atoms. The largest absolute Gasteiger partial charge is 0.397 e. The van der Waals surface area contributed by atoms with E-state index in [0.29, 0.717) is 21.5 Å². The van der Waals surface area contributed by atoms with Gasteiger partial charge in [0.1, 0.15) is 5.82 Å². The summed E-state index contributed by atoms with van der Waals surface area (Å²) < 4.78 is 2.19. The van der Waals surface area contributed by atoms with Crippen molar-refractivity contribution >= 4 is 33.3 Å². The van der Waals surface area contributed by atoms with Gasteiger partial charge in [0.05, 0.1) is 28.1 Å². The van der Waals surface area contributed by atoms with E-state index in [1.807, 2.05) is 0 Å². The summed E-state index contributed by atoms with van der Waals surface area (Å²) in [7, 11) is 1.74. The van der Waals surface area contributed by atoms with E-state index < -0.39 is 0 Å². The molecule has 0 aliphatic heterocycles. The van der Waals surface area contributed by atoms with Crippen LogP contribution in [0.3, 0.4) is 0 Å². The minimum atomic E-state index is -0.268. The van der Waals surface area contributed by atoms with Gasteiger partial charge in [-0.05, 0) is 22.0 Å². The Morgan fingerprint density at radius 3 is 2.88 bits per heavy atom. The Hall–Kier alpha value is -1.89. The number of carbonyl (C=O) groups excluding carboxylic acids is 1. The van der Waals surface area contributed by atoms with Gasteiger partial charge < -0.3 is 11.1 Å². The van der Waals surface area contributed by atoms with Crippen molar-refractivity contribution in [3.63, 3.8) is 0 Å². The van der Waals surface area contributed by atoms with Crippen molar-refractivity contribution in [1.82, 2.24) is 14.8 Å². The van der Waals surface area contributed by atoms with Crippen LogP contribution in [-0.2, 0) is 7.05 Å². The molecule has 7 heteroatoms. The van der Waals surface area contributed by atoms with E-state index in [0.717, 1.165) is 0 Å². The Bertz CT molecular complexity index is 566. The van der Waals surface area contributed by atoms with Gasteiger partial charge in [-0.2, -0.15) is 5.10 Å². The topological polar surface area (TPSA) is 85.8 Å². The number of aryl methyl sites for hydroxylation is 1. The highest BCUT2D eigenvalue weighted by atomic mass is 79.9. The van der Waals surface area contributed by atoms with Crippen LogP contribution in [0.1, 0.15) is 10.4 Å². The second-order valence-electron chi connectivity index (χ2n) is 3.46. The molecule has 17 heavy (non-hydrogen) atoms. The SMILES string of the molecule is Cn1cc(C(=O)Nc2ncc(N)cc2Br)cn1. The highest BCUT2D eigenvalue weighted by Gasteiger charge is 2.10. The Labute approximate surface area is 106 Å². The maximum Gasteiger partial charge on any atom is 0.260 e. The van der Waals surface area contributed by atoms with Crippen molar-refractivity contribution in [1.29, 1.82) is 0 Å². The zero-order valence-electron chi connectivity index (χ0n) is 9.01. The monoisotopic (exact) mass is 295 g/mol. The number of nitrogens with two attached hydrogens (primary N) is 1. The number of nitrogens with zero attached hydrogens (tertiary/aromatic N) is 3. The molecule has 0 saturated heterocycles. The molecule has 0 unspecified atom stereocenters. The molecular weight excluding hydrogens is 286 g/mol. The average molecular weight is 296 g/mol. The summed E-state index contributed by atoms with van der Waals surface area (Å²) in [6, 6.07) is 1.67. The summed E-state index contributed by atoms with van der Waals surface area (Å²) in [6.45, 7) is 0. The number of anilines is 2. The highest BCUT2D eigenvalue weighted by Crippen LogP contribution is 2.22. The molecule has 6 nitrogen and oxygen atoms in total. The van der Waals surface area contributed by atoms with Crippen molar-refractivity contribution < 1.29 is 4.79 Å². The van der Waals surface area contributed by atoms with Crippen LogP contribution >= 0.6 is 15.9 Å². The van der Waals surface area contributed by atoms with Gasteiger partial charge in [0.2, 0.25) is 0 Å². The summed E-state index contributed by atoms with van der Waals surface area (Å²) in [4.78, 5) is 15.8. The summed E-state index contributed by atoms with van der Waals surface area (Å²) in [6.07, 6.45) is 4.59. The Morgan fingerprint density at radius 2 is 2.29 bits per heavy atom. The normalized spacial score (nSPS) is 10.2. The molecule has 0 radical (unpaired) electrons. The van der Waals surface area contributed by atoms with Crippen molar-refractivity contribution in [3.05, 3.63) is 34.7 Å². The van der Waals surface area contributed by atoms with E-state index >= 15 is 0 Å². The second kappa shape index (κ2) is 4.54. The summed E-state index contributed by atoms with van der Waals surface area (Å²) in [5.74, 6) is 0.157. The average Bonchev–Trinajstić information content (AvgIpc) is 2.69. The Kier molecular flexibility index (Phi) is 3.10. The van der Waals surface area contributed by atoms with Gasteiger partial charge in [0.25, 0.3) is 5.91 Å². The molecule has 2 aromatic rings. The number of nitrogen functional groups attached to an aromatic ring is 1. The number of pyridine rings is 1.